The summed E-state index contributed by atoms with van der Waals surface area (Å²) in [5.41, 5.74) is 8.41. The predicted octanol–water partition coefficient (Wildman–Crippen LogP) is 2.15. The van der Waals surface area contributed by atoms with Crippen molar-refractivity contribution in [2.24, 2.45) is 5.73 Å². The van der Waals surface area contributed by atoms with E-state index < -0.39 is 5.91 Å². The molecule has 2 fully saturated rings. The molecule has 2 N–H and O–H groups in total. The maximum atomic E-state index is 12.7. The van der Waals surface area contributed by atoms with Gasteiger partial charge in [0.2, 0.25) is 17.7 Å². The van der Waals surface area contributed by atoms with Crippen molar-refractivity contribution < 1.29 is 19.1 Å². The number of carbonyl (C=O) groups excluding carboxylic acids is 3. The van der Waals surface area contributed by atoms with Gasteiger partial charge in [0.1, 0.15) is 6.61 Å². The first-order chi connectivity index (χ1) is 15.5. The van der Waals surface area contributed by atoms with E-state index in [4.69, 9.17) is 10.5 Å². The average molecular weight is 437 g/mol. The van der Waals surface area contributed by atoms with Gasteiger partial charge in [0, 0.05) is 43.4 Å². The summed E-state index contributed by atoms with van der Waals surface area (Å²) in [4.78, 5) is 44.0. The highest BCUT2D eigenvalue weighted by Crippen LogP contribution is 2.32. The SMILES string of the molecule is NC(=O)c1cccc(-c2ccc(C3CCCN3C(=O)COCCN3CCCC3=O)nc2)c1. The molecule has 1 unspecified atom stereocenters. The van der Waals surface area contributed by atoms with Crippen molar-refractivity contribution in [1.82, 2.24) is 14.8 Å². The van der Waals surface area contributed by atoms with Crippen LogP contribution < -0.4 is 5.73 Å². The fraction of sp³-hybridized carbons (Fsp3) is 0.417. The lowest BCUT2D eigenvalue weighted by Gasteiger charge is -2.24. The van der Waals surface area contributed by atoms with Gasteiger partial charge in [-0.25, -0.2) is 0 Å². The maximum Gasteiger partial charge on any atom is 0.249 e. The summed E-state index contributed by atoms with van der Waals surface area (Å²) in [6, 6.07) is 10.9. The molecule has 1 aromatic carbocycles. The van der Waals surface area contributed by atoms with Gasteiger partial charge in [0.25, 0.3) is 0 Å². The number of aromatic nitrogens is 1. The van der Waals surface area contributed by atoms with E-state index in [2.05, 4.69) is 4.98 Å². The van der Waals surface area contributed by atoms with Crippen molar-refractivity contribution in [3.05, 3.63) is 53.9 Å². The van der Waals surface area contributed by atoms with Crippen LogP contribution in [0.25, 0.3) is 11.1 Å². The Morgan fingerprint density at radius 1 is 1.12 bits per heavy atom. The molecular weight excluding hydrogens is 408 g/mol. The first-order valence-corrected chi connectivity index (χ1v) is 11.0. The van der Waals surface area contributed by atoms with Crippen LogP contribution in [-0.2, 0) is 14.3 Å². The molecule has 1 atom stereocenters. The number of nitrogens with two attached hydrogens (primary N) is 1. The number of ether oxygens (including phenoxy) is 1. The molecule has 2 saturated heterocycles. The van der Waals surface area contributed by atoms with Crippen molar-refractivity contribution in [2.45, 2.75) is 31.7 Å². The van der Waals surface area contributed by atoms with E-state index in [1.165, 1.54) is 0 Å². The minimum absolute atomic E-state index is 0.0104. The second-order valence-electron chi connectivity index (χ2n) is 8.20. The number of nitrogens with zero attached hydrogens (tertiary/aromatic N) is 3. The average Bonchev–Trinajstić information content (AvgIpc) is 3.46. The number of primary amides is 1. The van der Waals surface area contributed by atoms with Crippen LogP contribution in [0.1, 0.15) is 47.8 Å². The number of rotatable bonds is 8. The molecule has 8 heteroatoms. The third kappa shape index (κ3) is 4.96. The number of hydrogen-bond donors (Lipinski definition) is 1. The van der Waals surface area contributed by atoms with E-state index in [0.717, 1.165) is 42.6 Å². The number of pyridine rings is 1. The molecular formula is C24H28N4O4. The number of amides is 3. The standard InChI is InChI=1S/C24H28N4O4/c25-24(31)18-5-1-4-17(14-18)19-8-9-20(26-15-19)21-6-2-11-28(21)23(30)16-32-13-12-27-10-3-7-22(27)29/h1,4-5,8-9,14-15,21H,2-3,6-7,10-13,16H2,(H2,25,31). The molecule has 4 rings (SSSR count). The molecule has 32 heavy (non-hydrogen) atoms. The zero-order chi connectivity index (χ0) is 22.5. The zero-order valence-electron chi connectivity index (χ0n) is 18.0. The quantitative estimate of drug-likeness (QED) is 0.639. The van der Waals surface area contributed by atoms with E-state index in [1.807, 2.05) is 23.1 Å². The van der Waals surface area contributed by atoms with Crippen LogP contribution in [0.3, 0.4) is 0 Å². The molecule has 3 amide bonds. The van der Waals surface area contributed by atoms with Crippen LogP contribution in [0.15, 0.2) is 42.6 Å². The summed E-state index contributed by atoms with van der Waals surface area (Å²) in [6.45, 7) is 2.37. The van der Waals surface area contributed by atoms with Crippen molar-refractivity contribution in [3.63, 3.8) is 0 Å². The summed E-state index contributed by atoms with van der Waals surface area (Å²) in [5.74, 6) is -0.360. The number of hydrogen-bond acceptors (Lipinski definition) is 5. The Balaban J connectivity index is 1.34. The van der Waals surface area contributed by atoms with E-state index >= 15 is 0 Å². The minimum atomic E-state index is -0.467. The summed E-state index contributed by atoms with van der Waals surface area (Å²) in [7, 11) is 0. The van der Waals surface area contributed by atoms with Gasteiger partial charge in [0.15, 0.2) is 0 Å². The molecule has 3 heterocycles. The first kappa shape index (κ1) is 22.0. The molecule has 0 aliphatic carbocycles. The van der Waals surface area contributed by atoms with Gasteiger partial charge >= 0.3 is 0 Å². The normalized spacial score (nSPS) is 18.4. The minimum Gasteiger partial charge on any atom is -0.370 e. The highest BCUT2D eigenvalue weighted by molar-refractivity contribution is 5.94. The molecule has 8 nitrogen and oxygen atoms in total. The summed E-state index contributed by atoms with van der Waals surface area (Å²) < 4.78 is 5.57. The second-order valence-corrected chi connectivity index (χ2v) is 8.20. The fourth-order valence-corrected chi connectivity index (χ4v) is 4.36. The van der Waals surface area contributed by atoms with Crippen molar-refractivity contribution in [1.29, 1.82) is 0 Å². The molecule has 2 aliphatic rings. The van der Waals surface area contributed by atoms with E-state index in [0.29, 0.717) is 31.7 Å². The van der Waals surface area contributed by atoms with Crippen molar-refractivity contribution in [2.75, 3.05) is 32.8 Å². The molecule has 2 aliphatic heterocycles. The molecule has 168 valence electrons. The third-order valence-corrected chi connectivity index (χ3v) is 6.08. The zero-order valence-corrected chi connectivity index (χ0v) is 18.0. The fourth-order valence-electron chi connectivity index (χ4n) is 4.36. The summed E-state index contributed by atoms with van der Waals surface area (Å²) in [6.07, 6.45) is 5.05. The van der Waals surface area contributed by atoms with Crippen molar-refractivity contribution in [3.8, 4) is 11.1 Å². The van der Waals surface area contributed by atoms with Gasteiger partial charge in [-0.3, -0.25) is 19.4 Å². The Bertz CT molecular complexity index is 992. The van der Waals surface area contributed by atoms with Crippen molar-refractivity contribution >= 4 is 17.7 Å². The van der Waals surface area contributed by atoms with Crippen LogP contribution in [-0.4, -0.2) is 65.4 Å². The molecule has 0 radical (unpaired) electrons. The van der Waals surface area contributed by atoms with E-state index in [1.54, 1.807) is 29.3 Å². The number of carbonyl (C=O) groups is 3. The number of likely N-dealkylation sites (tertiary alicyclic amines) is 2. The Kier molecular flexibility index (Phi) is 6.80. The molecule has 2 aromatic rings. The van der Waals surface area contributed by atoms with E-state index in [-0.39, 0.29) is 24.5 Å². The summed E-state index contributed by atoms with van der Waals surface area (Å²) in [5, 5.41) is 0. The van der Waals surface area contributed by atoms with Crippen LogP contribution >= 0.6 is 0 Å². The molecule has 0 bridgehead atoms. The Labute approximate surface area is 187 Å². The Morgan fingerprint density at radius 3 is 2.72 bits per heavy atom. The lowest BCUT2D eigenvalue weighted by Crippen LogP contribution is -2.35. The van der Waals surface area contributed by atoms with Gasteiger partial charge in [-0.2, -0.15) is 0 Å². The Hall–Kier alpha value is -3.26. The van der Waals surface area contributed by atoms with Crippen LogP contribution in [0.4, 0.5) is 0 Å². The number of benzene rings is 1. The first-order valence-electron chi connectivity index (χ1n) is 11.0. The Morgan fingerprint density at radius 2 is 2.00 bits per heavy atom. The van der Waals surface area contributed by atoms with E-state index in [9.17, 15) is 14.4 Å². The lowest BCUT2D eigenvalue weighted by atomic mass is 10.0. The second kappa shape index (κ2) is 9.91. The maximum absolute atomic E-state index is 12.7. The third-order valence-electron chi connectivity index (χ3n) is 6.08. The molecule has 0 saturated carbocycles. The van der Waals surface area contributed by atoms with Crippen LogP contribution in [0.5, 0.6) is 0 Å². The molecule has 1 aromatic heterocycles. The van der Waals surface area contributed by atoms with Gasteiger partial charge in [-0.05, 0) is 43.0 Å². The topological polar surface area (TPSA) is 106 Å². The largest absolute Gasteiger partial charge is 0.370 e. The van der Waals surface area contributed by atoms with Gasteiger partial charge < -0.3 is 20.3 Å². The summed E-state index contributed by atoms with van der Waals surface area (Å²) >= 11 is 0. The molecule has 0 spiro atoms. The van der Waals surface area contributed by atoms with Crippen LogP contribution in [0.2, 0.25) is 0 Å². The van der Waals surface area contributed by atoms with Gasteiger partial charge in [-0.15, -0.1) is 0 Å². The van der Waals surface area contributed by atoms with Gasteiger partial charge in [-0.1, -0.05) is 18.2 Å². The monoisotopic (exact) mass is 436 g/mol. The highest BCUT2D eigenvalue weighted by atomic mass is 16.5. The predicted molar refractivity (Wildman–Crippen MR) is 119 cm³/mol. The van der Waals surface area contributed by atoms with Gasteiger partial charge in [0.05, 0.1) is 18.3 Å². The van der Waals surface area contributed by atoms with Crippen LogP contribution in [0, 0.1) is 0 Å². The smallest absolute Gasteiger partial charge is 0.249 e. The highest BCUT2D eigenvalue weighted by Gasteiger charge is 2.31. The lowest BCUT2D eigenvalue weighted by molar-refractivity contribution is -0.137.